The van der Waals surface area contributed by atoms with Gasteiger partial charge in [0.15, 0.2) is 0 Å². The topological polar surface area (TPSA) is 139 Å². The van der Waals surface area contributed by atoms with Crippen LogP contribution in [-0.4, -0.2) is 44.0 Å². The van der Waals surface area contributed by atoms with E-state index in [2.05, 4.69) is 25.9 Å². The van der Waals surface area contributed by atoms with Gasteiger partial charge in [0.2, 0.25) is 17.8 Å². The third-order valence-electron chi connectivity index (χ3n) is 4.15. The van der Waals surface area contributed by atoms with Crippen molar-refractivity contribution in [3.8, 4) is 11.5 Å². The van der Waals surface area contributed by atoms with Crippen LogP contribution in [-0.2, 0) is 9.59 Å². The number of amides is 2. The van der Waals surface area contributed by atoms with Crippen molar-refractivity contribution >= 4 is 35.1 Å². The molecule has 0 saturated carbocycles. The van der Waals surface area contributed by atoms with Crippen molar-refractivity contribution in [3.05, 3.63) is 48.5 Å². The molecule has 0 fully saturated rings. The van der Waals surface area contributed by atoms with Gasteiger partial charge in [-0.1, -0.05) is 18.2 Å². The lowest BCUT2D eigenvalue weighted by Gasteiger charge is -2.12. The molecule has 2 aromatic rings. The molecule has 1 aliphatic heterocycles. The van der Waals surface area contributed by atoms with E-state index in [1.165, 1.54) is 14.2 Å². The fourth-order valence-corrected chi connectivity index (χ4v) is 2.72. The molecule has 0 radical (unpaired) electrons. The van der Waals surface area contributed by atoms with Crippen molar-refractivity contribution < 1.29 is 19.1 Å². The third kappa shape index (κ3) is 5.25. The highest BCUT2D eigenvalue weighted by Crippen LogP contribution is 2.29. The Hall–Kier alpha value is -4.08. The fraction of sp³-hybridized carbons (Fsp3) is 0.200. The molecule has 0 bridgehead atoms. The largest absolute Gasteiger partial charge is 0.497 e. The molecule has 156 valence electrons. The lowest BCUT2D eigenvalue weighted by molar-refractivity contribution is -0.123. The van der Waals surface area contributed by atoms with Crippen molar-refractivity contribution in [1.29, 1.82) is 0 Å². The molecule has 0 aromatic heterocycles. The molecule has 0 spiro atoms. The number of nitrogens with two attached hydrogens (primary N) is 1. The van der Waals surface area contributed by atoms with Crippen molar-refractivity contribution in [3.63, 3.8) is 0 Å². The summed E-state index contributed by atoms with van der Waals surface area (Å²) >= 11 is 0. The second-order valence-corrected chi connectivity index (χ2v) is 6.26. The number of hydrogen-bond donors (Lipinski definition) is 4. The maximum atomic E-state index is 12.4. The van der Waals surface area contributed by atoms with Gasteiger partial charge in [0.05, 0.1) is 26.3 Å². The number of guanidine groups is 2. The Balaban J connectivity index is 1.62. The van der Waals surface area contributed by atoms with Gasteiger partial charge in [-0.05, 0) is 24.3 Å². The van der Waals surface area contributed by atoms with Crippen molar-refractivity contribution in [1.82, 2.24) is 5.32 Å². The van der Waals surface area contributed by atoms with E-state index in [9.17, 15) is 9.59 Å². The van der Waals surface area contributed by atoms with Crippen molar-refractivity contribution in [2.24, 2.45) is 15.7 Å². The molecule has 1 heterocycles. The zero-order valence-corrected chi connectivity index (χ0v) is 16.5. The number of ether oxygens (including phenoxy) is 2. The summed E-state index contributed by atoms with van der Waals surface area (Å²) in [6.45, 7) is 0. The summed E-state index contributed by atoms with van der Waals surface area (Å²) < 4.78 is 10.4. The second kappa shape index (κ2) is 9.41. The predicted octanol–water partition coefficient (Wildman–Crippen LogP) is 1.31. The number of rotatable bonds is 6. The highest BCUT2D eigenvalue weighted by Gasteiger charge is 2.29. The number of nitrogens with zero attached hydrogens (tertiary/aromatic N) is 2. The minimum absolute atomic E-state index is 0.0424. The van der Waals surface area contributed by atoms with Crippen LogP contribution in [0.5, 0.6) is 11.5 Å². The monoisotopic (exact) mass is 410 g/mol. The molecule has 0 unspecified atom stereocenters. The Morgan fingerprint density at radius 1 is 1.17 bits per heavy atom. The average Bonchev–Trinajstić information content (AvgIpc) is 3.07. The molecular formula is C20H22N6O4. The van der Waals surface area contributed by atoms with Gasteiger partial charge in [-0.25, -0.2) is 4.99 Å². The minimum Gasteiger partial charge on any atom is -0.497 e. The van der Waals surface area contributed by atoms with Gasteiger partial charge >= 0.3 is 0 Å². The number of benzene rings is 2. The van der Waals surface area contributed by atoms with Crippen LogP contribution in [0, 0.1) is 0 Å². The molecule has 3 rings (SSSR count). The van der Waals surface area contributed by atoms with E-state index in [1.54, 1.807) is 18.2 Å². The maximum absolute atomic E-state index is 12.4. The third-order valence-corrected chi connectivity index (χ3v) is 4.15. The molecule has 1 aliphatic rings. The Morgan fingerprint density at radius 3 is 2.63 bits per heavy atom. The lowest BCUT2D eigenvalue weighted by Crippen LogP contribution is -2.32. The number of nitrogens with one attached hydrogen (secondary N) is 3. The Morgan fingerprint density at radius 2 is 1.93 bits per heavy atom. The van der Waals surface area contributed by atoms with Gasteiger partial charge < -0.3 is 25.8 Å². The molecule has 0 saturated heterocycles. The van der Waals surface area contributed by atoms with Crippen LogP contribution in [0.2, 0.25) is 0 Å². The first-order valence-electron chi connectivity index (χ1n) is 9.05. The van der Waals surface area contributed by atoms with Crippen LogP contribution in [0.4, 0.5) is 11.4 Å². The van der Waals surface area contributed by atoms with Gasteiger partial charge in [0.25, 0.3) is 5.91 Å². The van der Waals surface area contributed by atoms with Crippen molar-refractivity contribution in [2.75, 3.05) is 24.9 Å². The first-order chi connectivity index (χ1) is 14.5. The predicted molar refractivity (Wildman–Crippen MR) is 114 cm³/mol. The molecule has 10 heteroatoms. The molecule has 5 N–H and O–H groups in total. The van der Waals surface area contributed by atoms with Crippen LogP contribution in [0.15, 0.2) is 58.5 Å². The number of hydrogen-bond acceptors (Lipinski definition) is 6. The summed E-state index contributed by atoms with van der Waals surface area (Å²) in [5.74, 6) is 0.302. The van der Waals surface area contributed by atoms with Crippen LogP contribution >= 0.6 is 0 Å². The molecule has 2 amide bonds. The summed E-state index contributed by atoms with van der Waals surface area (Å²) in [4.78, 5) is 32.7. The van der Waals surface area contributed by atoms with Gasteiger partial charge in [-0.2, -0.15) is 4.99 Å². The van der Waals surface area contributed by atoms with E-state index in [0.29, 0.717) is 17.2 Å². The number of para-hydroxylation sites is 1. The molecule has 30 heavy (non-hydrogen) atoms. The smallest absolute Gasteiger partial charge is 0.252 e. The molecule has 1 atom stereocenters. The zero-order chi connectivity index (χ0) is 21.5. The summed E-state index contributed by atoms with van der Waals surface area (Å²) in [5, 5.41) is 8.10. The quantitative estimate of drug-likeness (QED) is 0.418. The fourth-order valence-electron chi connectivity index (χ4n) is 2.72. The van der Waals surface area contributed by atoms with E-state index in [0.717, 1.165) is 5.69 Å². The minimum atomic E-state index is -0.905. The first-order valence-corrected chi connectivity index (χ1v) is 9.05. The van der Waals surface area contributed by atoms with E-state index >= 15 is 0 Å². The second-order valence-electron chi connectivity index (χ2n) is 6.26. The van der Waals surface area contributed by atoms with Gasteiger partial charge in [-0.3, -0.25) is 14.9 Å². The average molecular weight is 410 g/mol. The maximum Gasteiger partial charge on any atom is 0.252 e. The van der Waals surface area contributed by atoms with E-state index in [1.807, 2.05) is 30.3 Å². The number of carbonyl (C=O) groups excluding carboxylic acids is 2. The summed E-state index contributed by atoms with van der Waals surface area (Å²) in [5.41, 5.74) is 7.04. The number of methoxy groups -OCH3 is 2. The highest BCUT2D eigenvalue weighted by atomic mass is 16.5. The number of carbonyl (C=O) groups is 2. The van der Waals surface area contributed by atoms with Crippen LogP contribution in [0.25, 0.3) is 0 Å². The standard InChI is InChI=1S/C20H22N6O4/c1-29-13-8-9-14(16(10-13)30-2)23-17(27)11-15-18(28)25-20(24-15)26-19(21)22-12-6-4-3-5-7-12/h3-10,15H,11H2,1-2H3,(H,23,27)(H4,21,22,24,25,26,28)/t15-/m0/s1. The molecule has 10 nitrogen and oxygen atoms in total. The summed E-state index contributed by atoms with van der Waals surface area (Å²) in [6.07, 6.45) is -0.161. The molecule has 2 aromatic carbocycles. The lowest BCUT2D eigenvalue weighted by atomic mass is 10.2. The highest BCUT2D eigenvalue weighted by molar-refractivity contribution is 6.11. The summed E-state index contributed by atoms with van der Waals surface area (Å²) in [6, 6.07) is 13.3. The zero-order valence-electron chi connectivity index (χ0n) is 16.5. The van der Waals surface area contributed by atoms with Crippen LogP contribution < -0.4 is 31.2 Å². The normalized spacial score (nSPS) is 15.8. The van der Waals surface area contributed by atoms with Crippen LogP contribution in [0.3, 0.4) is 0 Å². The Labute approximate surface area is 173 Å². The SMILES string of the molecule is COc1ccc(NC(=O)C[C@@H]2N=C(N=C(N)Nc3ccccc3)NC2=O)c(OC)c1. The van der Waals surface area contributed by atoms with E-state index in [4.69, 9.17) is 15.2 Å². The van der Waals surface area contributed by atoms with Crippen LogP contribution in [0.1, 0.15) is 6.42 Å². The van der Waals surface area contributed by atoms with E-state index in [-0.39, 0.29) is 18.3 Å². The number of anilines is 2. The first kappa shape index (κ1) is 20.6. The Kier molecular flexibility index (Phi) is 6.48. The van der Waals surface area contributed by atoms with Gasteiger partial charge in [0.1, 0.15) is 17.5 Å². The Bertz CT molecular complexity index is 990. The number of aliphatic imine (C=N–C) groups is 2. The molecule has 0 aliphatic carbocycles. The van der Waals surface area contributed by atoms with Gasteiger partial charge in [-0.15, -0.1) is 0 Å². The molecular weight excluding hydrogens is 388 g/mol. The van der Waals surface area contributed by atoms with E-state index < -0.39 is 17.9 Å². The van der Waals surface area contributed by atoms with Gasteiger partial charge in [0, 0.05) is 11.8 Å². The van der Waals surface area contributed by atoms with Crippen molar-refractivity contribution in [2.45, 2.75) is 12.5 Å². The summed E-state index contributed by atoms with van der Waals surface area (Å²) in [7, 11) is 3.02.